The first kappa shape index (κ1) is 10.3. The molecule has 1 rings (SSSR count). The maximum Gasteiger partial charge on any atom is 0.106 e. The number of ether oxygens (including phenoxy) is 1. The molecule has 13 heavy (non-hydrogen) atoms. The van der Waals surface area contributed by atoms with E-state index in [1.807, 2.05) is 19.1 Å². The maximum absolute atomic E-state index is 9.46. The highest BCUT2D eigenvalue weighted by atomic mass is 16.5. The van der Waals surface area contributed by atoms with Crippen LogP contribution >= 0.6 is 0 Å². The molecule has 0 saturated carbocycles. The minimum absolute atomic E-state index is 0.383. The quantitative estimate of drug-likeness (QED) is 0.683. The summed E-state index contributed by atoms with van der Waals surface area (Å²) >= 11 is 0. The summed E-state index contributed by atoms with van der Waals surface area (Å²) < 4.78 is 10.3. The Morgan fingerprint density at radius 2 is 2.46 bits per heavy atom. The molecule has 0 bridgehead atoms. The molecule has 3 nitrogen and oxygen atoms in total. The first-order valence-electron chi connectivity index (χ1n) is 4.61. The second-order valence-corrected chi connectivity index (χ2v) is 3.01. The third-order valence-corrected chi connectivity index (χ3v) is 1.68. The zero-order chi connectivity index (χ0) is 9.52. The van der Waals surface area contributed by atoms with Gasteiger partial charge in [0.2, 0.25) is 0 Å². The summed E-state index contributed by atoms with van der Waals surface area (Å²) in [5.41, 5.74) is 0. The Bertz CT molecular complexity index is 206. The molecule has 0 fully saturated rings. The zero-order valence-electron chi connectivity index (χ0n) is 7.90. The molecule has 0 spiro atoms. The van der Waals surface area contributed by atoms with Crippen LogP contribution in [0.5, 0.6) is 0 Å². The van der Waals surface area contributed by atoms with Gasteiger partial charge in [0.15, 0.2) is 0 Å². The fourth-order valence-corrected chi connectivity index (χ4v) is 1.08. The van der Waals surface area contributed by atoms with Gasteiger partial charge in [0, 0.05) is 13.0 Å². The molecule has 3 heteroatoms. The SMILES string of the molecule is CCCOCC(O)Cc1ccco1. The number of hydrogen-bond acceptors (Lipinski definition) is 3. The Labute approximate surface area is 78.3 Å². The van der Waals surface area contributed by atoms with Gasteiger partial charge in [0.25, 0.3) is 0 Å². The summed E-state index contributed by atoms with van der Waals surface area (Å²) in [6, 6.07) is 3.66. The lowest BCUT2D eigenvalue weighted by atomic mass is 10.2. The first-order valence-corrected chi connectivity index (χ1v) is 4.61. The van der Waals surface area contributed by atoms with Gasteiger partial charge in [-0.1, -0.05) is 6.92 Å². The highest BCUT2D eigenvalue weighted by Crippen LogP contribution is 2.04. The van der Waals surface area contributed by atoms with Gasteiger partial charge >= 0.3 is 0 Å². The molecule has 0 radical (unpaired) electrons. The molecular formula is C10H16O3. The van der Waals surface area contributed by atoms with Gasteiger partial charge in [-0.2, -0.15) is 0 Å². The third kappa shape index (κ3) is 4.10. The van der Waals surface area contributed by atoms with Crippen molar-refractivity contribution in [3.63, 3.8) is 0 Å². The molecule has 0 aliphatic rings. The Kier molecular flexibility index (Phi) is 4.57. The lowest BCUT2D eigenvalue weighted by molar-refractivity contribution is 0.0350. The number of rotatable bonds is 6. The molecule has 0 amide bonds. The van der Waals surface area contributed by atoms with Crippen molar-refractivity contribution in [2.45, 2.75) is 25.9 Å². The van der Waals surface area contributed by atoms with Crippen molar-refractivity contribution < 1.29 is 14.3 Å². The Morgan fingerprint density at radius 1 is 1.62 bits per heavy atom. The summed E-state index contributed by atoms with van der Waals surface area (Å²) in [6.45, 7) is 3.13. The standard InChI is InChI=1S/C10H16O3/c1-2-5-12-8-9(11)7-10-4-3-6-13-10/h3-4,6,9,11H,2,5,7-8H2,1H3. The predicted octanol–water partition coefficient (Wildman–Crippen LogP) is 1.61. The van der Waals surface area contributed by atoms with Crippen LogP contribution in [-0.2, 0) is 11.2 Å². The van der Waals surface area contributed by atoms with E-state index in [0.29, 0.717) is 19.6 Å². The van der Waals surface area contributed by atoms with Gasteiger partial charge in [0.05, 0.1) is 19.0 Å². The van der Waals surface area contributed by atoms with Crippen LogP contribution in [0.4, 0.5) is 0 Å². The molecular weight excluding hydrogens is 168 g/mol. The fourth-order valence-electron chi connectivity index (χ4n) is 1.08. The second kappa shape index (κ2) is 5.78. The van der Waals surface area contributed by atoms with Gasteiger partial charge in [-0.05, 0) is 18.6 Å². The number of aliphatic hydroxyl groups excluding tert-OH is 1. The minimum Gasteiger partial charge on any atom is -0.469 e. The third-order valence-electron chi connectivity index (χ3n) is 1.68. The van der Waals surface area contributed by atoms with E-state index in [9.17, 15) is 5.11 Å². The monoisotopic (exact) mass is 184 g/mol. The molecule has 1 unspecified atom stereocenters. The highest BCUT2D eigenvalue weighted by molar-refractivity contribution is 4.99. The summed E-state index contributed by atoms with van der Waals surface area (Å²) in [6.07, 6.45) is 2.65. The van der Waals surface area contributed by atoms with E-state index in [1.165, 1.54) is 0 Å². The van der Waals surface area contributed by atoms with Crippen LogP contribution in [0.15, 0.2) is 22.8 Å². The normalized spacial score (nSPS) is 13.1. The van der Waals surface area contributed by atoms with Crippen LogP contribution in [0.2, 0.25) is 0 Å². The Morgan fingerprint density at radius 3 is 3.08 bits per heavy atom. The average Bonchev–Trinajstić information content (AvgIpc) is 2.57. The molecule has 0 aromatic carbocycles. The summed E-state index contributed by atoms with van der Waals surface area (Å²) in [5, 5.41) is 9.46. The van der Waals surface area contributed by atoms with Crippen molar-refractivity contribution in [1.29, 1.82) is 0 Å². The molecule has 0 aliphatic carbocycles. The van der Waals surface area contributed by atoms with E-state index in [1.54, 1.807) is 6.26 Å². The summed E-state index contributed by atoms with van der Waals surface area (Å²) in [4.78, 5) is 0. The lowest BCUT2D eigenvalue weighted by Crippen LogP contribution is -2.18. The summed E-state index contributed by atoms with van der Waals surface area (Å²) in [5.74, 6) is 0.799. The van der Waals surface area contributed by atoms with Crippen molar-refractivity contribution in [2.24, 2.45) is 0 Å². The number of hydrogen-bond donors (Lipinski definition) is 1. The zero-order valence-corrected chi connectivity index (χ0v) is 7.90. The maximum atomic E-state index is 9.46. The molecule has 0 aliphatic heterocycles. The van der Waals surface area contributed by atoms with Crippen LogP contribution in [0.25, 0.3) is 0 Å². The van der Waals surface area contributed by atoms with Crippen molar-refractivity contribution in [2.75, 3.05) is 13.2 Å². The van der Waals surface area contributed by atoms with Crippen molar-refractivity contribution in [3.05, 3.63) is 24.2 Å². The summed E-state index contributed by atoms with van der Waals surface area (Å²) in [7, 11) is 0. The molecule has 74 valence electrons. The van der Waals surface area contributed by atoms with E-state index >= 15 is 0 Å². The predicted molar refractivity (Wildman–Crippen MR) is 49.5 cm³/mol. The van der Waals surface area contributed by atoms with Crippen LogP contribution in [0.1, 0.15) is 19.1 Å². The largest absolute Gasteiger partial charge is 0.469 e. The van der Waals surface area contributed by atoms with E-state index in [-0.39, 0.29) is 0 Å². The average molecular weight is 184 g/mol. The minimum atomic E-state index is -0.460. The lowest BCUT2D eigenvalue weighted by Gasteiger charge is -2.08. The molecule has 1 aromatic heterocycles. The van der Waals surface area contributed by atoms with Gasteiger partial charge in [0.1, 0.15) is 5.76 Å². The first-order chi connectivity index (χ1) is 6.33. The second-order valence-electron chi connectivity index (χ2n) is 3.01. The number of furan rings is 1. The van der Waals surface area contributed by atoms with Crippen molar-refractivity contribution in [1.82, 2.24) is 0 Å². The van der Waals surface area contributed by atoms with Crippen molar-refractivity contribution >= 4 is 0 Å². The van der Waals surface area contributed by atoms with E-state index in [0.717, 1.165) is 12.2 Å². The Hall–Kier alpha value is -0.800. The molecule has 1 atom stereocenters. The van der Waals surface area contributed by atoms with Crippen LogP contribution in [0, 0.1) is 0 Å². The molecule has 1 N–H and O–H groups in total. The fraction of sp³-hybridized carbons (Fsp3) is 0.600. The van der Waals surface area contributed by atoms with Gasteiger partial charge < -0.3 is 14.3 Å². The van der Waals surface area contributed by atoms with E-state index in [2.05, 4.69) is 0 Å². The Balaban J connectivity index is 2.14. The van der Waals surface area contributed by atoms with Gasteiger partial charge in [-0.25, -0.2) is 0 Å². The molecule has 0 saturated heterocycles. The van der Waals surface area contributed by atoms with Gasteiger partial charge in [-0.3, -0.25) is 0 Å². The van der Waals surface area contributed by atoms with Crippen LogP contribution in [0.3, 0.4) is 0 Å². The van der Waals surface area contributed by atoms with E-state index < -0.39 is 6.10 Å². The molecule has 1 heterocycles. The number of aliphatic hydroxyl groups is 1. The van der Waals surface area contributed by atoms with E-state index in [4.69, 9.17) is 9.15 Å². The topological polar surface area (TPSA) is 42.6 Å². The van der Waals surface area contributed by atoms with Crippen LogP contribution < -0.4 is 0 Å². The smallest absolute Gasteiger partial charge is 0.106 e. The highest BCUT2D eigenvalue weighted by Gasteiger charge is 2.06. The van der Waals surface area contributed by atoms with Gasteiger partial charge in [-0.15, -0.1) is 0 Å². The van der Waals surface area contributed by atoms with Crippen LogP contribution in [-0.4, -0.2) is 24.4 Å². The molecule has 1 aromatic rings. The van der Waals surface area contributed by atoms with Crippen molar-refractivity contribution in [3.8, 4) is 0 Å².